The van der Waals surface area contributed by atoms with E-state index >= 15 is 0 Å². The molecule has 0 fully saturated rings. The predicted molar refractivity (Wildman–Crippen MR) is 210 cm³/mol. The minimum absolute atomic E-state index is 0.218. The quantitative estimate of drug-likeness (QED) is 0.0307. The molecule has 9 atom stereocenters. The van der Waals surface area contributed by atoms with Crippen LogP contribution in [0.25, 0.3) is 0 Å². The van der Waals surface area contributed by atoms with E-state index in [9.17, 15) is 77.6 Å². The molecule has 9 amide bonds. The number of hydrogen-bond donors (Lipinski definition) is 15. The van der Waals surface area contributed by atoms with Crippen molar-refractivity contribution >= 4 is 77.0 Å². The standard InChI is InChI=1S/C35H56N10O18/c1-4-14(2)27(34(61)39-15(3)28(55)44-21(13-46)35(62)63)45-33(60)20(12-23(38)48)43-32(59)19(7-10-26(53)54)42-31(58)18(6-9-25(51)52)41-30(57)17(5-8-24(49)50)40-29(56)16(36)11-22(37)47/h14-21,27,46H,4-13,36H2,1-3H3,(H2,37,47)(H2,38,48)(H,39,61)(H,40,56)(H,41,57)(H,42,58)(H,43,59)(H,44,55)(H,45,60)(H,49,50)(H,51,52)(H,53,54)(H,62,63)/t14-,15-,16-,17-,18-,19-,20-,21-,27-/m0/s1. The maximum Gasteiger partial charge on any atom is 0.328 e. The number of amides is 9. The predicted octanol–water partition coefficient (Wildman–Crippen LogP) is -6.80. The number of hydrogen-bond acceptors (Lipinski definition) is 15. The number of carbonyl (C=O) groups excluding carboxylic acids is 9. The highest BCUT2D eigenvalue weighted by molar-refractivity contribution is 5.99. The van der Waals surface area contributed by atoms with E-state index in [1.54, 1.807) is 6.92 Å². The van der Waals surface area contributed by atoms with Crippen LogP contribution in [0.1, 0.15) is 78.6 Å². The van der Waals surface area contributed by atoms with Crippen molar-refractivity contribution in [1.29, 1.82) is 0 Å². The maximum atomic E-state index is 13.6. The third-order valence-electron chi connectivity index (χ3n) is 8.98. The van der Waals surface area contributed by atoms with Crippen LogP contribution in [0, 0.1) is 5.92 Å². The fourth-order valence-electron chi connectivity index (χ4n) is 5.23. The second-order valence-corrected chi connectivity index (χ2v) is 14.2. The van der Waals surface area contributed by atoms with E-state index in [0.717, 1.165) is 0 Å². The lowest BCUT2D eigenvalue weighted by Gasteiger charge is -2.28. The number of aliphatic carboxylic acids is 4. The highest BCUT2D eigenvalue weighted by atomic mass is 16.4. The SMILES string of the molecule is CC[C@H](C)[C@H](NC(=O)[C@H](CC(N)=O)NC(=O)[C@H](CCC(=O)O)NC(=O)[C@H](CCC(=O)O)NC(=O)[C@H](CCC(=O)O)NC(=O)[C@@H](N)CC(N)=O)C(=O)N[C@@H](C)C(=O)N[C@@H](CO)C(=O)O. The number of carboxylic acids is 4. The third-order valence-corrected chi connectivity index (χ3v) is 8.98. The number of primary amides is 2. The second-order valence-electron chi connectivity index (χ2n) is 14.2. The van der Waals surface area contributed by atoms with Crippen molar-refractivity contribution in [1.82, 2.24) is 37.2 Å². The smallest absolute Gasteiger partial charge is 0.328 e. The lowest BCUT2D eigenvalue weighted by molar-refractivity contribution is -0.143. The summed E-state index contributed by atoms with van der Waals surface area (Å²) in [5.74, 6) is -17.1. The number of nitrogens with one attached hydrogen (secondary N) is 7. The molecule has 0 aromatic carbocycles. The van der Waals surface area contributed by atoms with Gasteiger partial charge in [0.15, 0.2) is 0 Å². The zero-order valence-electron chi connectivity index (χ0n) is 34.5. The summed E-state index contributed by atoms with van der Waals surface area (Å²) in [5.41, 5.74) is 15.9. The number of carboxylic acid groups (broad SMARTS) is 4. The molecule has 18 N–H and O–H groups in total. The Balaban J connectivity index is 6.56. The van der Waals surface area contributed by atoms with Gasteiger partial charge in [-0.05, 0) is 32.1 Å². The summed E-state index contributed by atoms with van der Waals surface area (Å²) in [6.45, 7) is 3.31. The molecule has 0 aromatic heterocycles. The van der Waals surface area contributed by atoms with Crippen molar-refractivity contribution in [3.63, 3.8) is 0 Å². The Labute approximate surface area is 358 Å². The average molecular weight is 905 g/mol. The summed E-state index contributed by atoms with van der Waals surface area (Å²) in [6, 6.07) is -13.6. The zero-order chi connectivity index (χ0) is 48.7. The molecule has 0 heterocycles. The van der Waals surface area contributed by atoms with Gasteiger partial charge in [0.25, 0.3) is 0 Å². The molecule has 28 heteroatoms. The molecule has 0 radical (unpaired) electrons. The number of aliphatic hydroxyl groups is 1. The van der Waals surface area contributed by atoms with Crippen LogP contribution in [0.2, 0.25) is 0 Å². The minimum Gasteiger partial charge on any atom is -0.481 e. The largest absolute Gasteiger partial charge is 0.481 e. The number of carbonyl (C=O) groups is 13. The Bertz CT molecular complexity index is 1730. The molecule has 354 valence electrons. The summed E-state index contributed by atoms with van der Waals surface area (Å²) in [5, 5.41) is 61.2. The molecule has 0 unspecified atom stereocenters. The molecule has 0 spiro atoms. The van der Waals surface area contributed by atoms with Crippen LogP contribution in [-0.4, -0.2) is 158 Å². The fourth-order valence-corrected chi connectivity index (χ4v) is 5.23. The van der Waals surface area contributed by atoms with Gasteiger partial charge >= 0.3 is 23.9 Å². The van der Waals surface area contributed by atoms with Gasteiger partial charge in [0.2, 0.25) is 53.2 Å². The van der Waals surface area contributed by atoms with Crippen LogP contribution < -0.4 is 54.4 Å². The van der Waals surface area contributed by atoms with Crippen molar-refractivity contribution in [3.8, 4) is 0 Å². The van der Waals surface area contributed by atoms with E-state index in [0.29, 0.717) is 0 Å². The summed E-state index contributed by atoms with van der Waals surface area (Å²) >= 11 is 0. The Morgan fingerprint density at radius 1 is 0.476 bits per heavy atom. The normalized spacial score (nSPS) is 15.1. The molecule has 0 bridgehead atoms. The Kier molecular flexibility index (Phi) is 24.7. The highest BCUT2D eigenvalue weighted by Crippen LogP contribution is 2.11. The molecular weight excluding hydrogens is 848 g/mol. The van der Waals surface area contributed by atoms with E-state index < -0.39 is 189 Å². The van der Waals surface area contributed by atoms with E-state index in [1.165, 1.54) is 13.8 Å². The topological polar surface area (TPSA) is 485 Å². The van der Waals surface area contributed by atoms with Gasteiger partial charge in [0.05, 0.1) is 25.5 Å². The van der Waals surface area contributed by atoms with E-state index in [1.807, 2.05) is 5.32 Å². The van der Waals surface area contributed by atoms with E-state index in [4.69, 9.17) is 27.4 Å². The van der Waals surface area contributed by atoms with Gasteiger partial charge < -0.3 is 80.0 Å². The molecule has 63 heavy (non-hydrogen) atoms. The van der Waals surface area contributed by atoms with Crippen molar-refractivity contribution in [2.45, 2.75) is 127 Å². The monoisotopic (exact) mass is 904 g/mol. The van der Waals surface area contributed by atoms with Gasteiger partial charge in [-0.3, -0.25) is 57.5 Å². The van der Waals surface area contributed by atoms with Gasteiger partial charge in [-0.25, -0.2) is 4.79 Å². The first-order valence-electron chi connectivity index (χ1n) is 19.2. The molecular formula is C35H56N10O18. The van der Waals surface area contributed by atoms with Crippen LogP contribution in [0.3, 0.4) is 0 Å². The van der Waals surface area contributed by atoms with Crippen LogP contribution in [0.5, 0.6) is 0 Å². The average Bonchev–Trinajstić information content (AvgIpc) is 3.18. The van der Waals surface area contributed by atoms with E-state index in [2.05, 4.69) is 31.9 Å². The lowest BCUT2D eigenvalue weighted by Crippen LogP contribution is -2.61. The number of rotatable bonds is 31. The van der Waals surface area contributed by atoms with Crippen LogP contribution in [-0.2, 0) is 62.3 Å². The summed E-state index contributed by atoms with van der Waals surface area (Å²) in [4.78, 5) is 161. The molecule has 0 aliphatic heterocycles. The first-order chi connectivity index (χ1) is 29.2. The van der Waals surface area contributed by atoms with Gasteiger partial charge in [-0.2, -0.15) is 0 Å². The fraction of sp³-hybridized carbons (Fsp3) is 0.629. The molecule has 0 saturated carbocycles. The van der Waals surface area contributed by atoms with Gasteiger partial charge in [0.1, 0.15) is 42.3 Å². The van der Waals surface area contributed by atoms with Gasteiger partial charge in [-0.1, -0.05) is 20.3 Å². The van der Waals surface area contributed by atoms with Crippen LogP contribution in [0.15, 0.2) is 0 Å². The van der Waals surface area contributed by atoms with Gasteiger partial charge in [0, 0.05) is 19.3 Å². The zero-order valence-corrected chi connectivity index (χ0v) is 34.5. The van der Waals surface area contributed by atoms with Crippen molar-refractivity contribution in [2.24, 2.45) is 23.1 Å². The van der Waals surface area contributed by atoms with Crippen LogP contribution in [0.4, 0.5) is 0 Å². The molecule has 0 aliphatic rings. The summed E-state index contributed by atoms with van der Waals surface area (Å²) < 4.78 is 0. The number of nitrogens with two attached hydrogens (primary N) is 3. The lowest BCUT2D eigenvalue weighted by atomic mass is 9.97. The van der Waals surface area contributed by atoms with Crippen molar-refractivity contribution < 1.29 is 87.9 Å². The Morgan fingerprint density at radius 2 is 0.841 bits per heavy atom. The molecule has 0 aromatic rings. The number of aliphatic hydroxyl groups excluding tert-OH is 1. The Morgan fingerprint density at radius 3 is 1.19 bits per heavy atom. The first-order valence-corrected chi connectivity index (χ1v) is 19.2. The highest BCUT2D eigenvalue weighted by Gasteiger charge is 2.36. The Hall–Kier alpha value is -6.97. The first kappa shape index (κ1) is 56.0. The molecule has 0 saturated heterocycles. The van der Waals surface area contributed by atoms with Crippen LogP contribution >= 0.6 is 0 Å². The summed E-state index contributed by atoms with van der Waals surface area (Å²) in [7, 11) is 0. The molecule has 0 rings (SSSR count). The second kappa shape index (κ2) is 27.8. The van der Waals surface area contributed by atoms with E-state index in [-0.39, 0.29) is 6.42 Å². The minimum atomic E-state index is -1.91. The third kappa shape index (κ3) is 21.9. The van der Waals surface area contributed by atoms with Crippen molar-refractivity contribution in [2.75, 3.05) is 6.61 Å². The summed E-state index contributed by atoms with van der Waals surface area (Å²) in [6.07, 6.45) is -5.78. The molecule has 28 nitrogen and oxygen atoms in total. The van der Waals surface area contributed by atoms with Crippen molar-refractivity contribution in [3.05, 3.63) is 0 Å². The van der Waals surface area contributed by atoms with Gasteiger partial charge in [-0.15, -0.1) is 0 Å². The maximum absolute atomic E-state index is 13.6. The molecule has 0 aliphatic carbocycles.